The number of aromatic hydroxyl groups is 1. The molecular formula is C20H26O2. The van der Waals surface area contributed by atoms with Gasteiger partial charge in [0.15, 0.2) is 0 Å². The molecule has 6 rings (SSSR count). The molecule has 3 unspecified atom stereocenters. The Labute approximate surface area is 132 Å². The van der Waals surface area contributed by atoms with Gasteiger partial charge >= 0.3 is 0 Å². The van der Waals surface area contributed by atoms with Crippen LogP contribution >= 0.6 is 0 Å². The van der Waals surface area contributed by atoms with Crippen molar-refractivity contribution < 1.29 is 9.84 Å². The lowest BCUT2D eigenvalue weighted by molar-refractivity contribution is -0.164. The Morgan fingerprint density at radius 3 is 2.36 bits per heavy atom. The van der Waals surface area contributed by atoms with Gasteiger partial charge in [-0.25, -0.2) is 0 Å². The van der Waals surface area contributed by atoms with Crippen LogP contribution in [0.5, 0.6) is 5.75 Å². The molecule has 0 saturated heterocycles. The zero-order chi connectivity index (χ0) is 15.1. The molecular weight excluding hydrogens is 272 g/mol. The number of hydrogen-bond acceptors (Lipinski definition) is 2. The van der Waals surface area contributed by atoms with Crippen LogP contribution < -0.4 is 0 Å². The molecule has 1 aliphatic heterocycles. The van der Waals surface area contributed by atoms with E-state index in [4.69, 9.17) is 4.74 Å². The zero-order valence-electron chi connectivity index (χ0n) is 13.6. The molecule has 2 nitrogen and oxygen atoms in total. The van der Waals surface area contributed by atoms with Gasteiger partial charge in [-0.3, -0.25) is 0 Å². The highest BCUT2D eigenvalue weighted by Gasteiger charge is 2.58. The average molecular weight is 298 g/mol. The van der Waals surface area contributed by atoms with E-state index < -0.39 is 0 Å². The fraction of sp³-hybridized carbons (Fsp3) is 0.700. The van der Waals surface area contributed by atoms with Crippen molar-refractivity contribution >= 4 is 0 Å². The third kappa shape index (κ3) is 1.65. The van der Waals surface area contributed by atoms with Gasteiger partial charge in [0.1, 0.15) is 5.75 Å². The Kier molecular flexibility index (Phi) is 2.49. The van der Waals surface area contributed by atoms with Crippen LogP contribution in [0.15, 0.2) is 18.2 Å². The minimum absolute atomic E-state index is 0.133. The van der Waals surface area contributed by atoms with E-state index in [1.807, 2.05) is 12.1 Å². The van der Waals surface area contributed by atoms with Crippen LogP contribution in [-0.4, -0.2) is 5.11 Å². The van der Waals surface area contributed by atoms with Crippen LogP contribution in [-0.2, 0) is 15.9 Å². The molecule has 22 heavy (non-hydrogen) atoms. The minimum Gasteiger partial charge on any atom is -0.508 e. The van der Waals surface area contributed by atoms with E-state index in [1.165, 1.54) is 49.7 Å². The monoisotopic (exact) mass is 298 g/mol. The van der Waals surface area contributed by atoms with Crippen LogP contribution in [0, 0.1) is 23.7 Å². The first kappa shape index (κ1) is 13.4. The summed E-state index contributed by atoms with van der Waals surface area (Å²) in [4.78, 5) is 0. The van der Waals surface area contributed by atoms with Gasteiger partial charge in [0.05, 0.1) is 11.2 Å². The van der Waals surface area contributed by atoms with Gasteiger partial charge in [0.25, 0.3) is 0 Å². The molecule has 3 atom stereocenters. The van der Waals surface area contributed by atoms with Gasteiger partial charge in [0, 0.05) is 0 Å². The summed E-state index contributed by atoms with van der Waals surface area (Å²) in [6.45, 7) is 4.40. The van der Waals surface area contributed by atoms with E-state index in [9.17, 15) is 5.11 Å². The lowest BCUT2D eigenvalue weighted by Crippen LogP contribution is -2.38. The van der Waals surface area contributed by atoms with Gasteiger partial charge in [0.2, 0.25) is 0 Å². The van der Waals surface area contributed by atoms with Crippen molar-refractivity contribution in [3.63, 3.8) is 0 Å². The number of fused-ring (bicyclic) bond motifs is 1. The highest BCUT2D eigenvalue weighted by atomic mass is 16.5. The van der Waals surface area contributed by atoms with Crippen molar-refractivity contribution in [3.05, 3.63) is 29.3 Å². The fourth-order valence-electron chi connectivity index (χ4n) is 6.56. The lowest BCUT2D eigenvalue weighted by Gasteiger charge is -2.42. The number of ether oxygens (including phenoxy) is 1. The average Bonchev–Trinajstić information content (AvgIpc) is 2.52. The molecule has 5 aliphatic rings. The molecule has 4 fully saturated rings. The molecule has 118 valence electrons. The summed E-state index contributed by atoms with van der Waals surface area (Å²) >= 11 is 0. The second-order valence-corrected chi connectivity index (χ2v) is 8.91. The number of benzene rings is 1. The highest BCUT2D eigenvalue weighted by molar-refractivity contribution is 5.46. The first-order chi connectivity index (χ1) is 10.5. The Hall–Kier alpha value is -1.02. The molecule has 1 aromatic rings. The lowest BCUT2D eigenvalue weighted by atomic mass is 9.66. The maximum Gasteiger partial charge on any atom is 0.115 e. The molecule has 1 aromatic carbocycles. The third-order valence-corrected chi connectivity index (χ3v) is 7.03. The molecule has 0 aromatic heterocycles. The van der Waals surface area contributed by atoms with E-state index >= 15 is 0 Å². The first-order valence-corrected chi connectivity index (χ1v) is 9.00. The van der Waals surface area contributed by atoms with Gasteiger partial charge in [-0.05, 0) is 99.3 Å². The predicted molar refractivity (Wildman–Crippen MR) is 85.6 cm³/mol. The summed E-state index contributed by atoms with van der Waals surface area (Å²) in [7, 11) is 0. The van der Waals surface area contributed by atoms with Gasteiger partial charge in [-0.1, -0.05) is 6.07 Å². The molecule has 0 amide bonds. The zero-order valence-corrected chi connectivity index (χ0v) is 13.6. The number of phenols is 1. The molecule has 1 heterocycles. The van der Waals surface area contributed by atoms with Crippen molar-refractivity contribution in [2.75, 3.05) is 0 Å². The van der Waals surface area contributed by atoms with Gasteiger partial charge in [-0.15, -0.1) is 0 Å². The second-order valence-electron chi connectivity index (χ2n) is 8.91. The van der Waals surface area contributed by atoms with Crippen molar-refractivity contribution in [1.82, 2.24) is 0 Å². The minimum atomic E-state index is -0.231. The van der Waals surface area contributed by atoms with Crippen LogP contribution in [0.2, 0.25) is 0 Å². The highest BCUT2D eigenvalue weighted by Crippen LogP contribution is 2.64. The Morgan fingerprint density at radius 2 is 1.64 bits per heavy atom. The molecule has 4 bridgehead atoms. The van der Waals surface area contributed by atoms with Gasteiger partial charge in [-0.2, -0.15) is 0 Å². The molecule has 2 heteroatoms. The van der Waals surface area contributed by atoms with Crippen molar-refractivity contribution in [2.45, 2.75) is 63.6 Å². The molecule has 4 saturated carbocycles. The quantitative estimate of drug-likeness (QED) is 0.752. The van der Waals surface area contributed by atoms with Crippen molar-refractivity contribution in [1.29, 1.82) is 0 Å². The standard InChI is InChI=1S/C20H26O2/c1-19(2)17-4-3-16(21)10-18(17)20(22-19)11-14-6-12-5-13(7-14)9-15(20)8-12/h3-4,10,12-15,21H,5-9,11H2,1-2H3. The van der Waals surface area contributed by atoms with E-state index in [2.05, 4.69) is 19.9 Å². The predicted octanol–water partition coefficient (Wildman–Crippen LogP) is 4.70. The smallest absolute Gasteiger partial charge is 0.115 e. The summed E-state index contributed by atoms with van der Waals surface area (Å²) in [5, 5.41) is 10.1. The SMILES string of the molecule is CC1(C)OC2(CC3CC4CC(C3)CC2C4)c2cc(O)ccc21. The fourth-order valence-corrected chi connectivity index (χ4v) is 6.56. The second kappa shape index (κ2) is 4.08. The van der Waals surface area contributed by atoms with Crippen molar-refractivity contribution in [3.8, 4) is 5.75 Å². The number of hydrogen-bond donors (Lipinski definition) is 1. The maximum atomic E-state index is 10.1. The Morgan fingerprint density at radius 1 is 0.955 bits per heavy atom. The van der Waals surface area contributed by atoms with E-state index in [1.54, 1.807) is 0 Å². The third-order valence-electron chi connectivity index (χ3n) is 7.03. The van der Waals surface area contributed by atoms with Gasteiger partial charge < -0.3 is 9.84 Å². The number of phenolic OH excluding ortho intramolecular Hbond substituents is 1. The molecule has 0 radical (unpaired) electrons. The molecule has 4 aliphatic carbocycles. The maximum absolute atomic E-state index is 10.1. The summed E-state index contributed by atoms with van der Waals surface area (Å²) in [5.41, 5.74) is 2.24. The van der Waals surface area contributed by atoms with Crippen LogP contribution in [0.3, 0.4) is 0 Å². The largest absolute Gasteiger partial charge is 0.508 e. The van der Waals surface area contributed by atoms with E-state index in [-0.39, 0.29) is 11.2 Å². The van der Waals surface area contributed by atoms with E-state index in [0.717, 1.165) is 17.8 Å². The molecule has 1 N–H and O–H groups in total. The summed E-state index contributed by atoms with van der Waals surface area (Å²) < 4.78 is 6.85. The Balaban J connectivity index is 1.70. The van der Waals surface area contributed by atoms with Crippen LogP contribution in [0.25, 0.3) is 0 Å². The van der Waals surface area contributed by atoms with Crippen molar-refractivity contribution in [2.24, 2.45) is 23.7 Å². The topological polar surface area (TPSA) is 29.5 Å². The normalized spacial score (nSPS) is 44.3. The van der Waals surface area contributed by atoms with Crippen LogP contribution in [0.1, 0.15) is 63.5 Å². The summed E-state index contributed by atoms with van der Waals surface area (Å²) in [6.07, 6.45) is 8.11. The molecule has 1 spiro atoms. The summed E-state index contributed by atoms with van der Waals surface area (Å²) in [6, 6.07) is 5.93. The Bertz CT molecular complexity index is 621. The van der Waals surface area contributed by atoms with E-state index in [0.29, 0.717) is 11.7 Å². The summed E-state index contributed by atoms with van der Waals surface area (Å²) in [5.74, 6) is 3.71. The number of rotatable bonds is 0. The van der Waals surface area contributed by atoms with Crippen LogP contribution in [0.4, 0.5) is 0 Å². The first-order valence-electron chi connectivity index (χ1n) is 9.00.